The molecule has 0 spiro atoms. The highest BCUT2D eigenvalue weighted by atomic mass is 32.2. The molecule has 2 rings (SSSR count). The van der Waals surface area contributed by atoms with E-state index in [9.17, 15) is 13.2 Å². The van der Waals surface area contributed by atoms with Gasteiger partial charge in [0.1, 0.15) is 0 Å². The molecule has 0 aliphatic carbocycles. The van der Waals surface area contributed by atoms with Crippen molar-refractivity contribution < 1.29 is 13.2 Å². The summed E-state index contributed by atoms with van der Waals surface area (Å²) in [5, 5.41) is 5.36. The van der Waals surface area contributed by atoms with Gasteiger partial charge in [-0.1, -0.05) is 0 Å². The van der Waals surface area contributed by atoms with Crippen molar-refractivity contribution in [1.29, 1.82) is 0 Å². The molecule has 7 heteroatoms. The molecule has 19 heavy (non-hydrogen) atoms. The molecule has 2 amide bonds. The molecule has 6 nitrogen and oxygen atoms in total. The van der Waals surface area contributed by atoms with Crippen LogP contribution in [0.3, 0.4) is 0 Å². The van der Waals surface area contributed by atoms with Crippen molar-refractivity contribution in [3.05, 3.63) is 24.3 Å². The molecule has 0 aromatic heterocycles. The third-order valence-corrected chi connectivity index (χ3v) is 4.99. The number of carbonyl (C=O) groups excluding carboxylic acids is 1. The topological polar surface area (TPSA) is 101 Å². The number of rotatable bonds is 2. The van der Waals surface area contributed by atoms with Gasteiger partial charge in [-0.15, -0.1) is 0 Å². The fourth-order valence-corrected chi connectivity index (χ4v) is 4.21. The highest BCUT2D eigenvalue weighted by Gasteiger charge is 2.39. The quantitative estimate of drug-likeness (QED) is 0.704. The number of carbonyl (C=O) groups is 1. The van der Waals surface area contributed by atoms with Crippen LogP contribution >= 0.6 is 0 Å². The zero-order chi connectivity index (χ0) is 14.1. The number of sulfone groups is 1. The van der Waals surface area contributed by atoms with Crippen molar-refractivity contribution in [2.75, 3.05) is 22.6 Å². The first-order chi connectivity index (χ1) is 8.78. The molecule has 1 aromatic rings. The summed E-state index contributed by atoms with van der Waals surface area (Å²) in [5.74, 6) is 0.0980. The summed E-state index contributed by atoms with van der Waals surface area (Å²) in [7, 11) is -3.04. The lowest BCUT2D eigenvalue weighted by molar-refractivity contribution is 0.242. The lowest BCUT2D eigenvalue weighted by atomic mass is 10.0. The Balaban J connectivity index is 1.97. The van der Waals surface area contributed by atoms with Crippen LogP contribution in [0.25, 0.3) is 0 Å². The van der Waals surface area contributed by atoms with Gasteiger partial charge in [0, 0.05) is 11.4 Å². The summed E-state index contributed by atoms with van der Waals surface area (Å²) in [4.78, 5) is 11.8. The van der Waals surface area contributed by atoms with Crippen LogP contribution in [-0.4, -0.2) is 31.5 Å². The van der Waals surface area contributed by atoms with Crippen molar-refractivity contribution in [1.82, 2.24) is 5.32 Å². The SMILES string of the molecule is CC1(NC(=O)Nc2ccc(N)cc2)CCS(=O)(=O)C1. The van der Waals surface area contributed by atoms with E-state index < -0.39 is 21.4 Å². The van der Waals surface area contributed by atoms with E-state index in [2.05, 4.69) is 10.6 Å². The molecule has 4 N–H and O–H groups in total. The summed E-state index contributed by atoms with van der Waals surface area (Å²) in [6, 6.07) is 6.31. The van der Waals surface area contributed by atoms with Gasteiger partial charge in [-0.2, -0.15) is 0 Å². The molecule has 0 radical (unpaired) electrons. The number of nitrogens with one attached hydrogen (secondary N) is 2. The molecule has 1 aliphatic heterocycles. The minimum absolute atomic E-state index is 0.0187. The number of anilines is 2. The number of hydrogen-bond donors (Lipinski definition) is 3. The van der Waals surface area contributed by atoms with Crippen LogP contribution in [0.2, 0.25) is 0 Å². The van der Waals surface area contributed by atoms with Gasteiger partial charge in [0.15, 0.2) is 9.84 Å². The Bertz CT molecular complexity index is 583. The summed E-state index contributed by atoms with van der Waals surface area (Å²) in [5.41, 5.74) is 6.07. The van der Waals surface area contributed by atoms with E-state index in [0.717, 1.165) is 0 Å². The number of urea groups is 1. The molecule has 1 saturated heterocycles. The van der Waals surface area contributed by atoms with Crippen LogP contribution in [0.4, 0.5) is 16.2 Å². The van der Waals surface area contributed by atoms with Crippen LogP contribution < -0.4 is 16.4 Å². The maximum Gasteiger partial charge on any atom is 0.319 e. The summed E-state index contributed by atoms with van der Waals surface area (Å²) >= 11 is 0. The number of amides is 2. The van der Waals surface area contributed by atoms with Gasteiger partial charge < -0.3 is 16.4 Å². The second-order valence-corrected chi connectivity index (χ2v) is 7.29. The molecule has 0 bridgehead atoms. The van der Waals surface area contributed by atoms with Gasteiger partial charge in [-0.05, 0) is 37.6 Å². The maximum atomic E-state index is 11.8. The van der Waals surface area contributed by atoms with Crippen LogP contribution in [0, 0.1) is 0 Å². The van der Waals surface area contributed by atoms with E-state index in [0.29, 0.717) is 17.8 Å². The van der Waals surface area contributed by atoms with Gasteiger partial charge in [0.25, 0.3) is 0 Å². The Morgan fingerprint density at radius 3 is 2.47 bits per heavy atom. The Morgan fingerprint density at radius 2 is 1.95 bits per heavy atom. The lowest BCUT2D eigenvalue weighted by Gasteiger charge is -2.24. The van der Waals surface area contributed by atoms with E-state index in [1.807, 2.05) is 0 Å². The molecule has 1 aromatic carbocycles. The lowest BCUT2D eigenvalue weighted by Crippen LogP contribution is -2.48. The minimum Gasteiger partial charge on any atom is -0.399 e. The zero-order valence-corrected chi connectivity index (χ0v) is 11.5. The Labute approximate surface area is 112 Å². The van der Waals surface area contributed by atoms with Crippen molar-refractivity contribution in [3.63, 3.8) is 0 Å². The van der Waals surface area contributed by atoms with Crippen molar-refractivity contribution in [2.45, 2.75) is 18.9 Å². The smallest absolute Gasteiger partial charge is 0.319 e. The van der Waals surface area contributed by atoms with Crippen LogP contribution in [0.15, 0.2) is 24.3 Å². The monoisotopic (exact) mass is 283 g/mol. The highest BCUT2D eigenvalue weighted by molar-refractivity contribution is 7.91. The average molecular weight is 283 g/mol. The minimum atomic E-state index is -3.04. The molecule has 1 aliphatic rings. The van der Waals surface area contributed by atoms with Crippen molar-refractivity contribution in [3.8, 4) is 0 Å². The predicted molar refractivity (Wildman–Crippen MR) is 74.7 cm³/mol. The van der Waals surface area contributed by atoms with Gasteiger partial charge in [0.05, 0.1) is 17.0 Å². The van der Waals surface area contributed by atoms with Crippen molar-refractivity contribution in [2.24, 2.45) is 0 Å². The summed E-state index contributed by atoms with van der Waals surface area (Å²) < 4.78 is 22.9. The fraction of sp³-hybridized carbons (Fsp3) is 0.417. The Morgan fingerprint density at radius 1 is 1.32 bits per heavy atom. The van der Waals surface area contributed by atoms with E-state index >= 15 is 0 Å². The number of hydrogen-bond acceptors (Lipinski definition) is 4. The zero-order valence-electron chi connectivity index (χ0n) is 10.6. The highest BCUT2D eigenvalue weighted by Crippen LogP contribution is 2.23. The number of nitrogens with two attached hydrogens (primary N) is 1. The molecule has 1 unspecified atom stereocenters. The van der Waals surface area contributed by atoms with E-state index in [1.165, 1.54) is 0 Å². The van der Waals surface area contributed by atoms with Gasteiger partial charge in [0.2, 0.25) is 0 Å². The second-order valence-electron chi connectivity index (χ2n) is 5.10. The third-order valence-electron chi connectivity index (χ3n) is 3.09. The fourth-order valence-electron chi connectivity index (χ4n) is 2.11. The standard InChI is InChI=1S/C12H17N3O3S/c1-12(6-7-19(17,18)8-12)15-11(16)14-10-4-2-9(13)3-5-10/h2-5H,6-8,13H2,1H3,(H2,14,15,16). The summed E-state index contributed by atoms with van der Waals surface area (Å²) in [6.07, 6.45) is 0.435. The van der Waals surface area contributed by atoms with Crippen molar-refractivity contribution >= 4 is 27.2 Å². The largest absolute Gasteiger partial charge is 0.399 e. The van der Waals surface area contributed by atoms with Crippen LogP contribution in [0.5, 0.6) is 0 Å². The second kappa shape index (κ2) is 4.73. The normalized spacial score (nSPS) is 24.9. The van der Waals surface area contributed by atoms with Crippen LogP contribution in [0.1, 0.15) is 13.3 Å². The maximum absolute atomic E-state index is 11.8. The number of nitrogen functional groups attached to an aromatic ring is 1. The van der Waals surface area contributed by atoms with E-state index in [-0.39, 0.29) is 11.5 Å². The average Bonchev–Trinajstić information content (AvgIpc) is 2.56. The number of benzene rings is 1. The predicted octanol–water partition coefficient (Wildman–Crippen LogP) is 0.968. The van der Waals surface area contributed by atoms with E-state index in [4.69, 9.17) is 5.73 Å². The molecule has 1 heterocycles. The first kappa shape index (κ1) is 13.7. The van der Waals surface area contributed by atoms with E-state index in [1.54, 1.807) is 31.2 Å². The first-order valence-electron chi connectivity index (χ1n) is 5.93. The Hall–Kier alpha value is -1.76. The molecule has 1 atom stereocenters. The molecular formula is C12H17N3O3S. The Kier molecular flexibility index (Phi) is 3.40. The molecule has 1 fully saturated rings. The summed E-state index contributed by atoms with van der Waals surface area (Å²) in [6.45, 7) is 1.74. The van der Waals surface area contributed by atoms with Gasteiger partial charge in [-0.3, -0.25) is 0 Å². The van der Waals surface area contributed by atoms with Crippen LogP contribution in [-0.2, 0) is 9.84 Å². The van der Waals surface area contributed by atoms with Gasteiger partial charge in [-0.25, -0.2) is 13.2 Å². The first-order valence-corrected chi connectivity index (χ1v) is 7.75. The molecule has 0 saturated carbocycles. The molecular weight excluding hydrogens is 266 g/mol. The molecule has 104 valence electrons. The third kappa shape index (κ3) is 3.60. The van der Waals surface area contributed by atoms with Gasteiger partial charge >= 0.3 is 6.03 Å².